The summed E-state index contributed by atoms with van der Waals surface area (Å²) in [4.78, 5) is 42.5. The number of anilines is 1. The molecule has 0 atom stereocenters. The van der Waals surface area contributed by atoms with Crippen LogP contribution in [0.3, 0.4) is 0 Å². The van der Waals surface area contributed by atoms with Gasteiger partial charge in [-0.25, -0.2) is 9.18 Å². The number of nitrogens with zero attached hydrogens (tertiary/aromatic N) is 2. The standard InChI is InChI=1S/C33H37FN4O4/c1-21(39)38(2)26-14-8-22(9-15-26)18-30(40)36-25-19-28(27-6-3-4-7-29(27)34)31(35-20-25)23-10-12-24(13-11-23)33(16-5-17-33)37-32(41)42/h3-4,6-7,10-13,19-20,22,26,37H,5,8-9,14-18H2,1-2H3,(H,36,40)(H,41,42). The number of carboxylic acid groups (broad SMARTS) is 1. The molecule has 0 unspecified atom stereocenters. The molecule has 5 rings (SSSR count). The Morgan fingerprint density at radius 2 is 1.71 bits per heavy atom. The van der Waals surface area contributed by atoms with Gasteiger partial charge in [0.05, 0.1) is 23.1 Å². The van der Waals surface area contributed by atoms with Gasteiger partial charge in [-0.1, -0.05) is 42.5 Å². The van der Waals surface area contributed by atoms with Crippen LogP contribution in [0.1, 0.15) is 63.9 Å². The molecule has 0 spiro atoms. The van der Waals surface area contributed by atoms with Gasteiger partial charge in [0.1, 0.15) is 5.82 Å². The van der Waals surface area contributed by atoms with Crippen molar-refractivity contribution >= 4 is 23.6 Å². The molecule has 3 N–H and O–H groups in total. The predicted octanol–water partition coefficient (Wildman–Crippen LogP) is 6.57. The molecule has 2 fully saturated rings. The molecule has 3 aromatic rings. The van der Waals surface area contributed by atoms with E-state index in [4.69, 9.17) is 0 Å². The van der Waals surface area contributed by atoms with Crippen molar-refractivity contribution < 1.29 is 23.9 Å². The highest BCUT2D eigenvalue weighted by Crippen LogP contribution is 2.42. The summed E-state index contributed by atoms with van der Waals surface area (Å²) >= 11 is 0. The van der Waals surface area contributed by atoms with E-state index in [2.05, 4.69) is 15.6 Å². The van der Waals surface area contributed by atoms with Crippen LogP contribution in [0.5, 0.6) is 0 Å². The first-order valence-electron chi connectivity index (χ1n) is 14.6. The molecule has 9 heteroatoms. The number of amides is 3. The van der Waals surface area contributed by atoms with E-state index < -0.39 is 17.4 Å². The zero-order valence-corrected chi connectivity index (χ0v) is 24.0. The van der Waals surface area contributed by atoms with Gasteiger partial charge in [0.2, 0.25) is 11.8 Å². The zero-order chi connectivity index (χ0) is 29.9. The summed E-state index contributed by atoms with van der Waals surface area (Å²) in [5.41, 5.74) is 3.03. The van der Waals surface area contributed by atoms with Crippen LogP contribution in [0.4, 0.5) is 14.9 Å². The Labute approximate surface area is 245 Å². The van der Waals surface area contributed by atoms with E-state index >= 15 is 4.39 Å². The van der Waals surface area contributed by atoms with Crippen LogP contribution in [0.25, 0.3) is 22.4 Å². The van der Waals surface area contributed by atoms with Crippen molar-refractivity contribution in [2.45, 2.75) is 69.9 Å². The summed E-state index contributed by atoms with van der Waals surface area (Å²) in [6.07, 6.45) is 6.87. The zero-order valence-electron chi connectivity index (χ0n) is 24.0. The number of aromatic nitrogens is 1. The SMILES string of the molecule is CC(=O)N(C)C1CCC(CC(=O)Nc2cnc(-c3ccc(C4(NC(=O)O)CCC4)cc3)c(-c3ccccc3F)c2)CC1. The number of carbonyl (C=O) groups excluding carboxylic acids is 2. The second kappa shape index (κ2) is 12.3. The van der Waals surface area contributed by atoms with E-state index in [9.17, 15) is 19.5 Å². The van der Waals surface area contributed by atoms with Crippen LogP contribution < -0.4 is 10.6 Å². The van der Waals surface area contributed by atoms with E-state index in [1.165, 1.54) is 6.07 Å². The third-order valence-electron chi connectivity index (χ3n) is 8.93. The Kier molecular flexibility index (Phi) is 8.56. The maximum absolute atomic E-state index is 15.0. The fourth-order valence-electron chi connectivity index (χ4n) is 6.28. The molecule has 3 amide bonds. The Balaban J connectivity index is 1.34. The molecule has 0 aliphatic heterocycles. The highest BCUT2D eigenvalue weighted by atomic mass is 19.1. The van der Waals surface area contributed by atoms with Gasteiger partial charge in [0, 0.05) is 43.1 Å². The number of benzene rings is 2. The van der Waals surface area contributed by atoms with E-state index in [1.54, 1.807) is 42.3 Å². The Morgan fingerprint density at radius 1 is 1.02 bits per heavy atom. The molecule has 1 aromatic heterocycles. The van der Waals surface area contributed by atoms with Gasteiger partial charge < -0.3 is 20.6 Å². The molecule has 8 nitrogen and oxygen atoms in total. The van der Waals surface area contributed by atoms with Crippen LogP contribution in [0.2, 0.25) is 0 Å². The molecular weight excluding hydrogens is 535 g/mol. The number of hydrogen-bond donors (Lipinski definition) is 3. The first-order chi connectivity index (χ1) is 20.1. The predicted molar refractivity (Wildman–Crippen MR) is 159 cm³/mol. The fraction of sp³-hybridized carbons (Fsp3) is 0.394. The molecule has 0 bridgehead atoms. The molecule has 0 radical (unpaired) electrons. The summed E-state index contributed by atoms with van der Waals surface area (Å²) in [7, 11) is 1.83. The Morgan fingerprint density at radius 3 is 2.31 bits per heavy atom. The van der Waals surface area contributed by atoms with E-state index in [0.717, 1.165) is 56.1 Å². The van der Waals surface area contributed by atoms with Gasteiger partial charge in [0.15, 0.2) is 0 Å². The third-order valence-corrected chi connectivity index (χ3v) is 8.93. The van der Waals surface area contributed by atoms with E-state index in [0.29, 0.717) is 28.9 Å². The normalized spacial score (nSPS) is 19.3. The van der Waals surface area contributed by atoms with Crippen molar-refractivity contribution in [2.75, 3.05) is 12.4 Å². The summed E-state index contributed by atoms with van der Waals surface area (Å²) in [6.45, 7) is 1.58. The third kappa shape index (κ3) is 6.30. The quantitative estimate of drug-likeness (QED) is 0.283. The number of hydrogen-bond acceptors (Lipinski definition) is 4. The topological polar surface area (TPSA) is 112 Å². The van der Waals surface area contributed by atoms with Gasteiger partial charge in [-0.2, -0.15) is 0 Å². The molecule has 42 heavy (non-hydrogen) atoms. The summed E-state index contributed by atoms with van der Waals surface area (Å²) < 4.78 is 15.0. The lowest BCUT2D eigenvalue weighted by Crippen LogP contribution is -2.50. The van der Waals surface area contributed by atoms with Crippen molar-refractivity contribution in [2.24, 2.45) is 5.92 Å². The summed E-state index contributed by atoms with van der Waals surface area (Å²) in [5.74, 6) is -0.209. The van der Waals surface area contributed by atoms with E-state index in [1.807, 2.05) is 31.3 Å². The number of pyridine rings is 1. The average Bonchev–Trinajstić information content (AvgIpc) is 2.95. The molecule has 2 aliphatic carbocycles. The lowest BCUT2D eigenvalue weighted by molar-refractivity contribution is -0.130. The minimum atomic E-state index is -1.05. The molecule has 1 heterocycles. The lowest BCUT2D eigenvalue weighted by atomic mass is 9.71. The highest BCUT2D eigenvalue weighted by molar-refractivity contribution is 5.93. The minimum Gasteiger partial charge on any atom is -0.465 e. The van der Waals surface area contributed by atoms with Gasteiger partial charge in [-0.15, -0.1) is 0 Å². The second-order valence-corrected chi connectivity index (χ2v) is 11.6. The van der Waals surface area contributed by atoms with Crippen LogP contribution in [0.15, 0.2) is 60.8 Å². The van der Waals surface area contributed by atoms with Crippen molar-refractivity contribution in [1.82, 2.24) is 15.2 Å². The van der Waals surface area contributed by atoms with Crippen molar-refractivity contribution in [3.8, 4) is 22.4 Å². The van der Waals surface area contributed by atoms with E-state index in [-0.39, 0.29) is 23.8 Å². The Hall–Kier alpha value is -4.27. The maximum Gasteiger partial charge on any atom is 0.405 e. The van der Waals surface area contributed by atoms with Crippen molar-refractivity contribution in [1.29, 1.82) is 0 Å². The number of nitrogens with one attached hydrogen (secondary N) is 2. The first kappa shape index (κ1) is 29.2. The summed E-state index contributed by atoms with van der Waals surface area (Å²) in [5, 5.41) is 15.0. The van der Waals surface area contributed by atoms with Crippen molar-refractivity contribution in [3.05, 3.63) is 72.2 Å². The smallest absolute Gasteiger partial charge is 0.405 e. The minimum absolute atomic E-state index is 0.0613. The maximum atomic E-state index is 15.0. The number of carbonyl (C=O) groups is 3. The monoisotopic (exact) mass is 572 g/mol. The summed E-state index contributed by atoms with van der Waals surface area (Å²) in [6, 6.07) is 16.0. The first-order valence-corrected chi connectivity index (χ1v) is 14.6. The van der Waals surface area contributed by atoms with Gasteiger partial charge in [0.25, 0.3) is 0 Å². The van der Waals surface area contributed by atoms with Crippen LogP contribution in [-0.4, -0.2) is 46.0 Å². The molecular formula is C33H37FN4O4. The van der Waals surface area contributed by atoms with Crippen LogP contribution in [-0.2, 0) is 15.1 Å². The van der Waals surface area contributed by atoms with Crippen LogP contribution >= 0.6 is 0 Å². The molecule has 2 aromatic carbocycles. The molecule has 220 valence electrons. The highest BCUT2D eigenvalue weighted by Gasteiger charge is 2.40. The molecule has 2 saturated carbocycles. The lowest BCUT2D eigenvalue weighted by Gasteiger charge is -2.42. The molecule has 0 saturated heterocycles. The van der Waals surface area contributed by atoms with Crippen LogP contribution in [0, 0.1) is 11.7 Å². The van der Waals surface area contributed by atoms with Gasteiger partial charge in [-0.05, 0) is 68.6 Å². The Bertz CT molecular complexity index is 1460. The van der Waals surface area contributed by atoms with Gasteiger partial charge >= 0.3 is 6.09 Å². The largest absolute Gasteiger partial charge is 0.465 e. The molecule has 2 aliphatic rings. The second-order valence-electron chi connectivity index (χ2n) is 11.6. The number of halogens is 1. The number of rotatable bonds is 8. The van der Waals surface area contributed by atoms with Crippen molar-refractivity contribution in [3.63, 3.8) is 0 Å². The average molecular weight is 573 g/mol. The van der Waals surface area contributed by atoms with Gasteiger partial charge in [-0.3, -0.25) is 14.6 Å². The fourth-order valence-corrected chi connectivity index (χ4v) is 6.28.